The summed E-state index contributed by atoms with van der Waals surface area (Å²) < 4.78 is 27.8. The van der Waals surface area contributed by atoms with Gasteiger partial charge in [-0.3, -0.25) is 0 Å². The number of anilines is 1. The lowest BCUT2D eigenvalue weighted by molar-refractivity contribution is 0.554. The van der Waals surface area contributed by atoms with E-state index < -0.39 is 10.0 Å². The topological polar surface area (TPSA) is 58.2 Å². The van der Waals surface area contributed by atoms with Crippen molar-refractivity contribution in [3.8, 4) is 0 Å². The summed E-state index contributed by atoms with van der Waals surface area (Å²) in [6.07, 6.45) is 0.902. The molecule has 0 heterocycles. The van der Waals surface area contributed by atoms with E-state index in [1.54, 1.807) is 0 Å². The summed E-state index contributed by atoms with van der Waals surface area (Å²) in [4.78, 5) is 0.411. The lowest BCUT2D eigenvalue weighted by Crippen LogP contribution is -2.29. The molecule has 5 heteroatoms. The van der Waals surface area contributed by atoms with E-state index in [0.717, 1.165) is 23.2 Å². The van der Waals surface area contributed by atoms with Crippen molar-refractivity contribution in [1.29, 1.82) is 0 Å². The second kappa shape index (κ2) is 4.49. The molecule has 1 aromatic carbocycles. The minimum atomic E-state index is -3.43. The quantitative estimate of drug-likeness (QED) is 0.891. The highest BCUT2D eigenvalue weighted by Gasteiger charge is 2.48. The van der Waals surface area contributed by atoms with E-state index in [0.29, 0.717) is 4.90 Å². The summed E-state index contributed by atoms with van der Waals surface area (Å²) in [6.45, 7) is 7.81. The lowest BCUT2D eigenvalue weighted by atomic mass is 10.1. The fourth-order valence-corrected chi connectivity index (χ4v) is 4.29. The Balaban J connectivity index is 2.36. The number of benzene rings is 1. The number of hydrogen-bond donors (Lipinski definition) is 2. The fourth-order valence-electron chi connectivity index (χ4n) is 2.43. The molecule has 1 atom stereocenters. The molecule has 4 nitrogen and oxygen atoms in total. The lowest BCUT2D eigenvalue weighted by Gasteiger charge is -2.14. The molecule has 1 fully saturated rings. The first-order valence-electron chi connectivity index (χ1n) is 6.49. The molecule has 0 amide bonds. The van der Waals surface area contributed by atoms with Gasteiger partial charge in [0.25, 0.3) is 0 Å². The van der Waals surface area contributed by atoms with E-state index in [1.165, 1.54) is 0 Å². The Kier molecular flexibility index (Phi) is 3.39. The van der Waals surface area contributed by atoms with Gasteiger partial charge in [0.1, 0.15) is 0 Å². The molecule has 1 aromatic rings. The molecular formula is C14H22N2O2S. The van der Waals surface area contributed by atoms with Crippen LogP contribution in [0.2, 0.25) is 0 Å². The van der Waals surface area contributed by atoms with Gasteiger partial charge in [-0.25, -0.2) is 13.1 Å². The normalized spacial score (nSPS) is 21.2. The smallest absolute Gasteiger partial charge is 0.241 e. The van der Waals surface area contributed by atoms with E-state index >= 15 is 0 Å². The second-order valence-electron chi connectivity index (χ2n) is 6.06. The van der Waals surface area contributed by atoms with Gasteiger partial charge in [0.15, 0.2) is 0 Å². The molecule has 1 aliphatic rings. The van der Waals surface area contributed by atoms with Crippen LogP contribution in [0, 0.1) is 19.3 Å². The van der Waals surface area contributed by atoms with Crippen LogP contribution in [0.1, 0.15) is 31.4 Å². The highest BCUT2D eigenvalue weighted by Crippen LogP contribution is 2.45. The van der Waals surface area contributed by atoms with Crippen molar-refractivity contribution in [3.05, 3.63) is 23.3 Å². The van der Waals surface area contributed by atoms with Crippen LogP contribution in [0.5, 0.6) is 0 Å². The van der Waals surface area contributed by atoms with Gasteiger partial charge in [-0.2, -0.15) is 0 Å². The molecule has 0 spiro atoms. The average Bonchev–Trinajstić information content (AvgIpc) is 2.82. The van der Waals surface area contributed by atoms with E-state index in [9.17, 15) is 8.42 Å². The summed E-state index contributed by atoms with van der Waals surface area (Å²) in [5, 5.41) is 3.04. The van der Waals surface area contributed by atoms with Gasteiger partial charge >= 0.3 is 0 Å². The van der Waals surface area contributed by atoms with E-state index in [4.69, 9.17) is 0 Å². The van der Waals surface area contributed by atoms with Crippen molar-refractivity contribution >= 4 is 15.7 Å². The number of nitrogens with one attached hydrogen (secondary N) is 2. The maximum absolute atomic E-state index is 12.5. The number of hydrogen-bond acceptors (Lipinski definition) is 3. The molecule has 106 valence electrons. The van der Waals surface area contributed by atoms with E-state index in [-0.39, 0.29) is 11.5 Å². The van der Waals surface area contributed by atoms with Crippen LogP contribution in [0.15, 0.2) is 17.0 Å². The van der Waals surface area contributed by atoms with Gasteiger partial charge < -0.3 is 5.32 Å². The predicted octanol–water partition coefficient (Wildman–Crippen LogP) is 2.42. The van der Waals surface area contributed by atoms with Crippen molar-refractivity contribution in [2.24, 2.45) is 5.41 Å². The Bertz CT molecular complexity index is 583. The molecular weight excluding hydrogens is 260 g/mol. The Morgan fingerprint density at radius 3 is 2.05 bits per heavy atom. The van der Waals surface area contributed by atoms with Crippen LogP contribution in [-0.4, -0.2) is 21.5 Å². The molecule has 0 radical (unpaired) electrons. The molecule has 0 saturated heterocycles. The second-order valence-corrected chi connectivity index (χ2v) is 7.71. The molecule has 1 unspecified atom stereocenters. The zero-order valence-corrected chi connectivity index (χ0v) is 13.0. The monoisotopic (exact) mass is 282 g/mol. The first-order chi connectivity index (χ1) is 8.67. The molecule has 0 aliphatic heterocycles. The van der Waals surface area contributed by atoms with E-state index in [1.807, 2.05) is 33.0 Å². The fraction of sp³-hybridized carbons (Fsp3) is 0.571. The zero-order chi connectivity index (χ0) is 14.4. The standard InChI is InChI=1S/C14H22N2O2S/c1-9-6-11(15-5)7-10(2)13(9)19(17,18)16-12-8-14(12,3)4/h6-7,12,15-16H,8H2,1-5H3. The molecule has 0 bridgehead atoms. The zero-order valence-electron chi connectivity index (χ0n) is 12.2. The third-order valence-corrected chi connectivity index (χ3v) is 5.60. The third-order valence-electron chi connectivity index (χ3n) is 3.83. The molecule has 1 saturated carbocycles. The summed E-state index contributed by atoms with van der Waals surface area (Å²) >= 11 is 0. The van der Waals surface area contributed by atoms with Gasteiger partial charge in [0, 0.05) is 18.8 Å². The highest BCUT2D eigenvalue weighted by atomic mass is 32.2. The largest absolute Gasteiger partial charge is 0.388 e. The average molecular weight is 282 g/mol. The van der Waals surface area contributed by atoms with Gasteiger partial charge in [0.05, 0.1) is 4.90 Å². The maximum Gasteiger partial charge on any atom is 0.241 e. The van der Waals surface area contributed by atoms with Crippen molar-refractivity contribution < 1.29 is 8.42 Å². The van der Waals surface area contributed by atoms with Gasteiger partial charge in [-0.05, 0) is 48.9 Å². The first kappa shape index (κ1) is 14.3. The molecule has 2 rings (SSSR count). The number of rotatable bonds is 4. The van der Waals surface area contributed by atoms with Crippen LogP contribution >= 0.6 is 0 Å². The Labute approximate surface area is 115 Å². The van der Waals surface area contributed by atoms with Crippen molar-refractivity contribution in [3.63, 3.8) is 0 Å². The molecule has 0 aromatic heterocycles. The maximum atomic E-state index is 12.5. The molecule has 2 N–H and O–H groups in total. The van der Waals surface area contributed by atoms with Crippen molar-refractivity contribution in [2.45, 2.75) is 45.1 Å². The summed E-state index contributed by atoms with van der Waals surface area (Å²) in [6, 6.07) is 3.78. The number of aryl methyl sites for hydroxylation is 2. The third kappa shape index (κ3) is 2.77. The van der Waals surface area contributed by atoms with Crippen molar-refractivity contribution in [1.82, 2.24) is 4.72 Å². The molecule has 1 aliphatic carbocycles. The van der Waals surface area contributed by atoms with Gasteiger partial charge in [-0.1, -0.05) is 13.8 Å². The van der Waals surface area contributed by atoms with Crippen molar-refractivity contribution in [2.75, 3.05) is 12.4 Å². The predicted molar refractivity (Wildman–Crippen MR) is 78.0 cm³/mol. The van der Waals surface area contributed by atoms with Gasteiger partial charge in [0.2, 0.25) is 10.0 Å². The number of sulfonamides is 1. The van der Waals surface area contributed by atoms with Gasteiger partial charge in [-0.15, -0.1) is 0 Å². The summed E-state index contributed by atoms with van der Waals surface area (Å²) in [5.41, 5.74) is 2.56. The Morgan fingerprint density at radius 1 is 1.21 bits per heavy atom. The first-order valence-corrected chi connectivity index (χ1v) is 7.97. The Hall–Kier alpha value is -1.07. The minimum absolute atomic E-state index is 0.0558. The minimum Gasteiger partial charge on any atom is -0.388 e. The van der Waals surface area contributed by atoms with Crippen LogP contribution in [0.3, 0.4) is 0 Å². The summed E-state index contributed by atoms with van der Waals surface area (Å²) in [7, 11) is -1.61. The summed E-state index contributed by atoms with van der Waals surface area (Å²) in [5.74, 6) is 0. The van der Waals surface area contributed by atoms with E-state index in [2.05, 4.69) is 23.9 Å². The SMILES string of the molecule is CNc1cc(C)c(S(=O)(=O)NC2CC2(C)C)c(C)c1. The van der Waals surface area contributed by atoms with Crippen LogP contribution in [0.4, 0.5) is 5.69 Å². The van der Waals surface area contributed by atoms with Crippen LogP contribution in [-0.2, 0) is 10.0 Å². The van der Waals surface area contributed by atoms with Crippen LogP contribution in [0.25, 0.3) is 0 Å². The highest BCUT2D eigenvalue weighted by molar-refractivity contribution is 7.89. The molecule has 19 heavy (non-hydrogen) atoms. The van der Waals surface area contributed by atoms with Crippen LogP contribution < -0.4 is 10.0 Å². The Morgan fingerprint density at radius 2 is 1.68 bits per heavy atom.